The minimum absolute atomic E-state index is 0.00623. The van der Waals surface area contributed by atoms with Crippen molar-refractivity contribution >= 4 is 17.5 Å². The molecule has 1 aliphatic heterocycles. The average molecular weight is 330 g/mol. The largest absolute Gasteiger partial charge is 0.355 e. The molecule has 23 heavy (non-hydrogen) atoms. The first-order valence-electron chi connectivity index (χ1n) is 7.79. The molecule has 4 nitrogen and oxygen atoms in total. The summed E-state index contributed by atoms with van der Waals surface area (Å²) in [5.41, 5.74) is 8.57. The standard InChI is InChI=1S/C18H20ClN3O/c19-15-8-6-13(7-9-15)10-11-20-18(23)16-12-21-22-17(16)14-4-2-1-3-5-14/h1-9,16-17,21-22H,10-12H2,(H,20,23). The second-order valence-corrected chi connectivity index (χ2v) is 6.12. The van der Waals surface area contributed by atoms with Crippen molar-refractivity contribution in [1.29, 1.82) is 0 Å². The van der Waals surface area contributed by atoms with Gasteiger partial charge in [-0.15, -0.1) is 0 Å². The molecule has 1 fully saturated rings. The molecule has 2 atom stereocenters. The zero-order valence-corrected chi connectivity index (χ0v) is 13.5. The second kappa shape index (κ2) is 7.59. The van der Waals surface area contributed by atoms with E-state index in [2.05, 4.69) is 16.2 Å². The first-order chi connectivity index (χ1) is 11.2. The van der Waals surface area contributed by atoms with Gasteiger partial charge in [0.15, 0.2) is 0 Å². The van der Waals surface area contributed by atoms with Gasteiger partial charge in [0.1, 0.15) is 0 Å². The number of halogens is 1. The summed E-state index contributed by atoms with van der Waals surface area (Å²) in [6.45, 7) is 1.25. The number of nitrogens with one attached hydrogen (secondary N) is 3. The van der Waals surface area contributed by atoms with Gasteiger partial charge in [-0.2, -0.15) is 0 Å². The lowest BCUT2D eigenvalue weighted by molar-refractivity contribution is -0.124. The Balaban J connectivity index is 1.54. The van der Waals surface area contributed by atoms with E-state index < -0.39 is 0 Å². The van der Waals surface area contributed by atoms with Gasteiger partial charge in [0.05, 0.1) is 12.0 Å². The van der Waals surface area contributed by atoms with Crippen LogP contribution in [0.3, 0.4) is 0 Å². The van der Waals surface area contributed by atoms with Crippen molar-refractivity contribution in [2.75, 3.05) is 13.1 Å². The highest BCUT2D eigenvalue weighted by Gasteiger charge is 2.33. The van der Waals surface area contributed by atoms with Crippen molar-refractivity contribution in [1.82, 2.24) is 16.2 Å². The van der Waals surface area contributed by atoms with E-state index in [4.69, 9.17) is 11.6 Å². The Bertz CT molecular complexity index is 645. The van der Waals surface area contributed by atoms with Gasteiger partial charge in [0.25, 0.3) is 0 Å². The summed E-state index contributed by atoms with van der Waals surface area (Å²) in [6.07, 6.45) is 0.798. The highest BCUT2D eigenvalue weighted by atomic mass is 35.5. The number of benzene rings is 2. The van der Waals surface area contributed by atoms with E-state index in [1.807, 2.05) is 54.6 Å². The smallest absolute Gasteiger partial charge is 0.226 e. The van der Waals surface area contributed by atoms with Gasteiger partial charge >= 0.3 is 0 Å². The predicted molar refractivity (Wildman–Crippen MR) is 92.0 cm³/mol. The van der Waals surface area contributed by atoms with Crippen LogP contribution in [0.25, 0.3) is 0 Å². The number of carbonyl (C=O) groups excluding carboxylic acids is 1. The third-order valence-electron chi connectivity index (χ3n) is 4.10. The van der Waals surface area contributed by atoms with Gasteiger partial charge in [0.2, 0.25) is 5.91 Å². The third-order valence-corrected chi connectivity index (χ3v) is 4.36. The van der Waals surface area contributed by atoms with E-state index in [0.29, 0.717) is 13.1 Å². The minimum Gasteiger partial charge on any atom is -0.355 e. The highest BCUT2D eigenvalue weighted by Crippen LogP contribution is 2.24. The summed E-state index contributed by atoms with van der Waals surface area (Å²) in [7, 11) is 0. The van der Waals surface area contributed by atoms with Crippen LogP contribution >= 0.6 is 11.6 Å². The summed E-state index contributed by atoms with van der Waals surface area (Å²) < 4.78 is 0. The minimum atomic E-state index is -0.109. The number of carbonyl (C=O) groups is 1. The lowest BCUT2D eigenvalue weighted by Crippen LogP contribution is -2.36. The van der Waals surface area contributed by atoms with Crippen molar-refractivity contribution in [2.24, 2.45) is 5.92 Å². The summed E-state index contributed by atoms with van der Waals surface area (Å²) in [6, 6.07) is 17.8. The molecule has 0 aromatic heterocycles. The summed E-state index contributed by atoms with van der Waals surface area (Å²) in [5.74, 6) is -0.0343. The first-order valence-corrected chi connectivity index (χ1v) is 8.17. The first kappa shape index (κ1) is 16.0. The molecule has 2 unspecified atom stereocenters. The SMILES string of the molecule is O=C(NCCc1ccc(Cl)cc1)C1CNNC1c1ccccc1. The molecule has 5 heteroatoms. The molecule has 0 saturated carbocycles. The average Bonchev–Trinajstić information content (AvgIpc) is 3.07. The number of hydrogen-bond donors (Lipinski definition) is 3. The van der Waals surface area contributed by atoms with Crippen LogP contribution in [0.1, 0.15) is 17.2 Å². The van der Waals surface area contributed by atoms with Gasteiger partial charge in [-0.1, -0.05) is 54.1 Å². The van der Waals surface area contributed by atoms with E-state index in [9.17, 15) is 4.79 Å². The lowest BCUT2D eigenvalue weighted by atomic mass is 9.94. The van der Waals surface area contributed by atoms with E-state index in [-0.39, 0.29) is 17.9 Å². The van der Waals surface area contributed by atoms with Gasteiger partial charge in [0, 0.05) is 18.1 Å². The predicted octanol–water partition coefficient (Wildman–Crippen LogP) is 2.46. The maximum atomic E-state index is 12.5. The van der Waals surface area contributed by atoms with Gasteiger partial charge < -0.3 is 5.32 Å². The fraction of sp³-hybridized carbons (Fsp3) is 0.278. The zero-order chi connectivity index (χ0) is 16.1. The molecule has 1 saturated heterocycles. The quantitative estimate of drug-likeness (QED) is 0.790. The molecule has 0 radical (unpaired) electrons. The molecule has 3 rings (SSSR count). The van der Waals surface area contributed by atoms with Crippen LogP contribution in [0, 0.1) is 5.92 Å². The Kier molecular flexibility index (Phi) is 5.28. The lowest BCUT2D eigenvalue weighted by Gasteiger charge is -2.18. The summed E-state index contributed by atoms with van der Waals surface area (Å²) in [4.78, 5) is 12.5. The molecule has 0 bridgehead atoms. The summed E-state index contributed by atoms with van der Waals surface area (Å²) in [5, 5.41) is 3.76. The third kappa shape index (κ3) is 4.10. The van der Waals surface area contributed by atoms with Gasteiger partial charge in [-0.25, -0.2) is 5.43 Å². The molecule has 120 valence electrons. The molecule has 1 heterocycles. The second-order valence-electron chi connectivity index (χ2n) is 5.69. The number of amides is 1. The van der Waals surface area contributed by atoms with E-state index in [0.717, 1.165) is 22.6 Å². The Hall–Kier alpha value is -1.88. The van der Waals surface area contributed by atoms with Crippen LogP contribution in [0.5, 0.6) is 0 Å². The molecule has 2 aromatic carbocycles. The van der Waals surface area contributed by atoms with Crippen LogP contribution in [0.15, 0.2) is 54.6 Å². The topological polar surface area (TPSA) is 53.2 Å². The molecule has 0 aliphatic carbocycles. The fourth-order valence-electron chi connectivity index (χ4n) is 2.83. The number of hydrogen-bond acceptors (Lipinski definition) is 3. The van der Waals surface area contributed by atoms with Crippen LogP contribution in [-0.4, -0.2) is 19.0 Å². The van der Waals surface area contributed by atoms with Crippen molar-refractivity contribution in [3.8, 4) is 0 Å². The van der Waals surface area contributed by atoms with Crippen molar-refractivity contribution < 1.29 is 4.79 Å². The number of hydrazine groups is 1. The molecule has 0 spiro atoms. The van der Waals surface area contributed by atoms with Crippen LogP contribution < -0.4 is 16.2 Å². The van der Waals surface area contributed by atoms with Gasteiger partial charge in [-0.05, 0) is 29.7 Å². The van der Waals surface area contributed by atoms with Crippen LogP contribution in [0.2, 0.25) is 5.02 Å². The fourth-order valence-corrected chi connectivity index (χ4v) is 2.96. The van der Waals surface area contributed by atoms with E-state index >= 15 is 0 Å². The monoisotopic (exact) mass is 329 g/mol. The molecule has 2 aromatic rings. The normalized spacial score (nSPS) is 20.4. The van der Waals surface area contributed by atoms with E-state index in [1.165, 1.54) is 0 Å². The molecule has 1 aliphatic rings. The number of rotatable bonds is 5. The molecular formula is C18H20ClN3O. The van der Waals surface area contributed by atoms with Crippen LogP contribution in [0.4, 0.5) is 0 Å². The van der Waals surface area contributed by atoms with Gasteiger partial charge in [-0.3, -0.25) is 10.2 Å². The Labute approximate surface area is 141 Å². The van der Waals surface area contributed by atoms with Crippen LogP contribution in [-0.2, 0) is 11.2 Å². The van der Waals surface area contributed by atoms with Crippen molar-refractivity contribution in [3.05, 3.63) is 70.7 Å². The molecule has 1 amide bonds. The Morgan fingerprint density at radius 2 is 1.87 bits per heavy atom. The van der Waals surface area contributed by atoms with Crippen molar-refractivity contribution in [3.63, 3.8) is 0 Å². The highest BCUT2D eigenvalue weighted by molar-refractivity contribution is 6.30. The van der Waals surface area contributed by atoms with Crippen molar-refractivity contribution in [2.45, 2.75) is 12.5 Å². The molecule has 3 N–H and O–H groups in total. The Morgan fingerprint density at radius 1 is 1.13 bits per heavy atom. The zero-order valence-electron chi connectivity index (χ0n) is 12.8. The maximum absolute atomic E-state index is 12.5. The summed E-state index contributed by atoms with van der Waals surface area (Å²) >= 11 is 5.87. The Morgan fingerprint density at radius 3 is 2.61 bits per heavy atom. The maximum Gasteiger partial charge on any atom is 0.226 e. The van der Waals surface area contributed by atoms with E-state index in [1.54, 1.807) is 0 Å². The molecular weight excluding hydrogens is 310 g/mol.